The fourth-order valence-electron chi connectivity index (χ4n) is 0.0393. The molecule has 2 nitrogen and oxygen atoms in total. The summed E-state index contributed by atoms with van der Waals surface area (Å²) in [4.78, 5) is 0. The van der Waals surface area contributed by atoms with Crippen molar-refractivity contribution in [1.29, 1.82) is 0 Å². The highest BCUT2D eigenvalue weighted by Gasteiger charge is 1.73. The molecular formula is H4O2Si3. The molecule has 0 bridgehead atoms. The van der Waals surface area contributed by atoms with Crippen molar-refractivity contribution < 1.29 is 8.92 Å². The Morgan fingerprint density at radius 1 is 1.20 bits per heavy atom. The van der Waals surface area contributed by atoms with Gasteiger partial charge in [0.1, 0.15) is 8.55 Å². The van der Waals surface area contributed by atoms with Crippen LogP contribution < -0.4 is 0 Å². The Morgan fingerprint density at radius 2 is 1.60 bits per heavy atom. The number of rotatable bonds is 2. The van der Waals surface area contributed by atoms with Crippen LogP contribution in [-0.2, 0) is 8.92 Å². The lowest BCUT2D eigenvalue weighted by Crippen LogP contribution is -1.94. The van der Waals surface area contributed by atoms with Gasteiger partial charge in [0, 0.05) is 0 Å². The molecule has 0 aliphatic rings. The van der Waals surface area contributed by atoms with Gasteiger partial charge in [0.2, 0.25) is 17.8 Å². The van der Waals surface area contributed by atoms with Crippen LogP contribution in [0.25, 0.3) is 0 Å². The van der Waals surface area contributed by atoms with Crippen LogP contribution in [0.15, 0.2) is 0 Å². The molecule has 0 amide bonds. The van der Waals surface area contributed by atoms with E-state index in [0.29, 0.717) is 0 Å². The number of hydrogen-bond donors (Lipinski definition) is 0. The molecule has 0 aromatic carbocycles. The summed E-state index contributed by atoms with van der Waals surface area (Å²) in [6.45, 7) is 0. The first kappa shape index (κ1) is 5.25. The number of hydrogen-bond acceptors (Lipinski definition) is 2. The van der Waals surface area contributed by atoms with E-state index in [1.807, 2.05) is 0 Å². The van der Waals surface area contributed by atoms with E-state index in [4.69, 9.17) is 0 Å². The summed E-state index contributed by atoms with van der Waals surface area (Å²) >= 11 is 0. The average molecular weight is 120 g/mol. The van der Waals surface area contributed by atoms with Crippen molar-refractivity contribution in [2.45, 2.75) is 0 Å². The second kappa shape index (κ2) is 4.25. The van der Waals surface area contributed by atoms with Crippen molar-refractivity contribution >= 4 is 26.4 Å². The molecule has 0 aliphatic heterocycles. The fraction of sp³-hybridized carbons (Fsp3) is 0. The Balaban J connectivity index is 2.65. The van der Waals surface area contributed by atoms with Gasteiger partial charge in [-0.2, -0.15) is 0 Å². The van der Waals surface area contributed by atoms with E-state index < -0.39 is 26.4 Å². The second-order valence-electron chi connectivity index (χ2n) is 0.569. The van der Waals surface area contributed by atoms with Gasteiger partial charge in [0.15, 0.2) is 0 Å². The maximum absolute atomic E-state index is 9.50. The predicted octanol–water partition coefficient (Wildman–Crippen LogP) is -2.45. The van der Waals surface area contributed by atoms with Gasteiger partial charge in [0.25, 0.3) is 0 Å². The van der Waals surface area contributed by atoms with Gasteiger partial charge in [-0.3, -0.25) is 0 Å². The summed E-state index contributed by atoms with van der Waals surface area (Å²) in [5.74, 6) is 0. The minimum absolute atomic E-state index is 0.512. The molecule has 0 aromatic rings. The smallest absolute Gasteiger partial charge is 0.238 e. The predicted molar refractivity (Wildman–Crippen MR) is 24.2 cm³/mol. The Labute approximate surface area is 36.1 Å². The molecule has 0 aromatic heterocycles. The highest BCUT2D eigenvalue weighted by Crippen LogP contribution is 1.23. The van der Waals surface area contributed by atoms with E-state index in [0.717, 1.165) is 0 Å². The summed E-state index contributed by atoms with van der Waals surface area (Å²) in [5.41, 5.74) is 0. The third kappa shape index (κ3) is 4.25. The normalized spacial score (nSPS) is 6.40. The lowest BCUT2D eigenvalue weighted by molar-refractivity contribution is 0.583. The highest BCUT2D eigenvalue weighted by atomic mass is 29.5. The summed E-state index contributed by atoms with van der Waals surface area (Å²) < 4.78 is 19.0. The Hall–Kier alpha value is 0.251. The van der Waals surface area contributed by atoms with Crippen LogP contribution in [0.1, 0.15) is 0 Å². The molecule has 5 heteroatoms. The third-order valence-corrected chi connectivity index (χ3v) is 5.20. The summed E-state index contributed by atoms with van der Waals surface area (Å²) in [6, 6.07) is 0. The van der Waals surface area contributed by atoms with Crippen LogP contribution in [0.3, 0.4) is 0 Å². The maximum Gasteiger partial charge on any atom is 0.238 e. The van der Waals surface area contributed by atoms with E-state index in [1.165, 1.54) is 0 Å². The van der Waals surface area contributed by atoms with Crippen molar-refractivity contribution in [2.24, 2.45) is 0 Å². The van der Waals surface area contributed by atoms with Crippen LogP contribution >= 0.6 is 0 Å². The molecule has 0 radical (unpaired) electrons. The molecule has 0 atom stereocenters. The first-order valence-electron chi connectivity index (χ1n) is 1.29. The quantitative estimate of drug-likeness (QED) is 0.379. The minimum Gasteiger partial charge on any atom is -0.397 e. The van der Waals surface area contributed by atoms with Crippen LogP contribution in [0, 0.1) is 0 Å². The summed E-state index contributed by atoms with van der Waals surface area (Å²) in [5, 5.41) is 0. The highest BCUT2D eigenvalue weighted by molar-refractivity contribution is 7.21. The molecule has 0 unspecified atom stereocenters. The summed E-state index contributed by atoms with van der Waals surface area (Å²) in [6.07, 6.45) is 0. The van der Waals surface area contributed by atoms with Crippen LogP contribution in [-0.4, -0.2) is 26.4 Å². The second-order valence-corrected chi connectivity index (χ2v) is 9.36. The van der Waals surface area contributed by atoms with Gasteiger partial charge in [-0.15, -0.1) is 0 Å². The van der Waals surface area contributed by atoms with Gasteiger partial charge in [0.05, 0.1) is 0 Å². The molecule has 5 heavy (non-hydrogen) atoms. The third-order valence-electron chi connectivity index (χ3n) is 0.192. The first-order chi connectivity index (χ1) is 2.41. The molecule has 0 saturated carbocycles. The molecule has 0 fully saturated rings. The van der Waals surface area contributed by atoms with Gasteiger partial charge in [-0.1, -0.05) is 0 Å². The maximum atomic E-state index is 9.50. The van der Waals surface area contributed by atoms with E-state index in [1.54, 1.807) is 0 Å². The van der Waals surface area contributed by atoms with Gasteiger partial charge < -0.3 is 8.92 Å². The van der Waals surface area contributed by atoms with Crippen molar-refractivity contribution in [3.8, 4) is 0 Å². The van der Waals surface area contributed by atoms with Crippen LogP contribution in [0.5, 0.6) is 0 Å². The lowest BCUT2D eigenvalue weighted by atomic mass is 16.0. The molecule has 0 heterocycles. The van der Waals surface area contributed by atoms with Crippen molar-refractivity contribution in [2.75, 3.05) is 0 Å². The van der Waals surface area contributed by atoms with Gasteiger partial charge in [-0.25, -0.2) is 0 Å². The standard InChI is InChI=1S/H4O2Si3/c1-3-5-4-2/h3-4H,5H2. The van der Waals surface area contributed by atoms with Crippen LogP contribution in [0.2, 0.25) is 0 Å². The van der Waals surface area contributed by atoms with E-state index in [2.05, 4.69) is 0 Å². The molecule has 28 valence electrons. The van der Waals surface area contributed by atoms with Crippen molar-refractivity contribution in [3.05, 3.63) is 0 Å². The monoisotopic (exact) mass is 120 g/mol. The molecule has 0 aliphatic carbocycles. The Bertz CT molecular complexity index is 34.2. The average Bonchev–Trinajstić information content (AvgIpc) is 1.41. The fourth-order valence-corrected chi connectivity index (χ4v) is 1.06. The molecule has 0 spiro atoms. The first-order valence-corrected chi connectivity index (χ1v) is 8.76. The van der Waals surface area contributed by atoms with E-state index in [9.17, 15) is 8.92 Å². The zero-order valence-corrected chi connectivity index (χ0v) is 6.40. The van der Waals surface area contributed by atoms with Gasteiger partial charge >= 0.3 is 0 Å². The van der Waals surface area contributed by atoms with Crippen molar-refractivity contribution in [1.82, 2.24) is 0 Å². The molecule has 0 saturated heterocycles. The SMILES string of the molecule is O=[SiH][SiH2][SiH]=O. The Kier molecular flexibility index (Phi) is 4.46. The molecule has 0 rings (SSSR count). The zero-order chi connectivity index (χ0) is 4.12. The van der Waals surface area contributed by atoms with Gasteiger partial charge in [-0.05, 0) is 0 Å². The molecular weight excluding hydrogens is 116 g/mol. The largest absolute Gasteiger partial charge is 0.397 e. The lowest BCUT2D eigenvalue weighted by Gasteiger charge is -1.47. The molecule has 0 N–H and O–H groups in total. The zero-order valence-electron chi connectivity index (χ0n) is 2.68. The van der Waals surface area contributed by atoms with Crippen molar-refractivity contribution in [3.63, 3.8) is 0 Å². The Morgan fingerprint density at radius 3 is 1.60 bits per heavy atom. The van der Waals surface area contributed by atoms with E-state index >= 15 is 0 Å². The summed E-state index contributed by atoms with van der Waals surface area (Å²) in [7, 11) is -1.71. The van der Waals surface area contributed by atoms with E-state index in [-0.39, 0.29) is 0 Å². The topological polar surface area (TPSA) is 34.1 Å². The minimum atomic E-state index is -0.601. The van der Waals surface area contributed by atoms with Crippen LogP contribution in [0.4, 0.5) is 0 Å².